The van der Waals surface area contributed by atoms with E-state index in [0.29, 0.717) is 15.6 Å². The summed E-state index contributed by atoms with van der Waals surface area (Å²) in [5.74, 6) is 0. The number of hydrogen-bond acceptors (Lipinski definition) is 5. The molecule has 1 atom stereocenters. The largest absolute Gasteiger partial charge is 0.324 e. The first-order chi connectivity index (χ1) is 9.08. The smallest absolute Gasteiger partial charge is 0.124 e. The molecule has 1 unspecified atom stereocenters. The van der Waals surface area contributed by atoms with E-state index in [1.165, 1.54) is 0 Å². The van der Waals surface area contributed by atoms with Crippen molar-refractivity contribution < 1.29 is 0 Å². The first kappa shape index (κ1) is 13.3. The second kappa shape index (κ2) is 5.00. The maximum absolute atomic E-state index is 6.32. The lowest BCUT2D eigenvalue weighted by atomic mass is 10.1. The van der Waals surface area contributed by atoms with Crippen LogP contribution in [0.15, 0.2) is 18.2 Å². The molecule has 0 bridgehead atoms. The van der Waals surface area contributed by atoms with Crippen molar-refractivity contribution in [3.8, 4) is 10.4 Å². The van der Waals surface area contributed by atoms with Gasteiger partial charge in [-0.25, -0.2) is 0 Å². The Kier molecular flexibility index (Phi) is 3.49. The van der Waals surface area contributed by atoms with E-state index in [-0.39, 0.29) is 6.04 Å². The second-order valence-electron chi connectivity index (χ2n) is 4.17. The van der Waals surface area contributed by atoms with Crippen molar-refractivity contribution in [2.45, 2.75) is 13.0 Å². The molecule has 19 heavy (non-hydrogen) atoms. The normalized spacial score (nSPS) is 13.1. The molecule has 2 heterocycles. The summed E-state index contributed by atoms with van der Waals surface area (Å²) in [7, 11) is 0. The van der Waals surface area contributed by atoms with Crippen LogP contribution in [0.5, 0.6) is 0 Å². The monoisotopic (exact) mass is 329 g/mol. The Morgan fingerprint density at radius 3 is 2.58 bits per heavy atom. The van der Waals surface area contributed by atoms with Gasteiger partial charge in [0.25, 0.3) is 0 Å². The minimum atomic E-state index is 0.00822. The number of nitrogens with two attached hydrogens (primary N) is 1. The fourth-order valence-corrected chi connectivity index (χ4v) is 4.13. The van der Waals surface area contributed by atoms with Crippen molar-refractivity contribution in [2.24, 2.45) is 5.73 Å². The van der Waals surface area contributed by atoms with E-state index in [9.17, 15) is 0 Å². The molecule has 0 fully saturated rings. The Morgan fingerprint density at radius 1 is 1.16 bits per heavy atom. The molecular weight excluding hydrogens is 321 g/mol. The number of hydrogen-bond donors (Lipinski definition) is 1. The van der Waals surface area contributed by atoms with Gasteiger partial charge in [0.2, 0.25) is 0 Å². The molecule has 0 spiro atoms. The molecule has 0 aliphatic rings. The van der Waals surface area contributed by atoms with Crippen molar-refractivity contribution >= 4 is 57.3 Å². The van der Waals surface area contributed by atoms with Crippen LogP contribution in [0, 0.1) is 0 Å². The van der Waals surface area contributed by atoms with Crippen LogP contribution in [0.25, 0.3) is 21.5 Å². The number of halogens is 2. The standard InChI is InChI=1S/C12H9Cl2N3S2/c1-5(15)8-2-3-9(18-8)10-6(13)4-7(14)11-12(10)17-19-16-11/h2-5H,15H2,1H3. The van der Waals surface area contributed by atoms with Crippen LogP contribution in [-0.2, 0) is 0 Å². The summed E-state index contributed by atoms with van der Waals surface area (Å²) < 4.78 is 8.52. The zero-order valence-electron chi connectivity index (χ0n) is 9.85. The van der Waals surface area contributed by atoms with E-state index in [1.54, 1.807) is 17.4 Å². The molecule has 0 saturated heterocycles. The number of rotatable bonds is 2. The Morgan fingerprint density at radius 2 is 1.89 bits per heavy atom. The Labute approximate surface area is 128 Å². The van der Waals surface area contributed by atoms with E-state index >= 15 is 0 Å². The summed E-state index contributed by atoms with van der Waals surface area (Å²) in [4.78, 5) is 2.14. The number of fused-ring (bicyclic) bond motifs is 1. The van der Waals surface area contributed by atoms with Gasteiger partial charge in [0.05, 0.1) is 21.8 Å². The Hall–Kier alpha value is -0.720. The maximum Gasteiger partial charge on any atom is 0.124 e. The molecule has 0 aliphatic carbocycles. The van der Waals surface area contributed by atoms with Gasteiger partial charge in [-0.3, -0.25) is 0 Å². The lowest BCUT2D eigenvalue weighted by Crippen LogP contribution is -2.01. The highest BCUT2D eigenvalue weighted by Crippen LogP contribution is 2.41. The maximum atomic E-state index is 6.32. The minimum absolute atomic E-state index is 0.00822. The van der Waals surface area contributed by atoms with Gasteiger partial charge in [-0.2, -0.15) is 8.75 Å². The zero-order chi connectivity index (χ0) is 13.6. The predicted octanol–water partition coefficient (Wildman–Crippen LogP) is 4.75. The van der Waals surface area contributed by atoms with E-state index < -0.39 is 0 Å². The number of thiophene rings is 1. The molecule has 0 aliphatic heterocycles. The van der Waals surface area contributed by atoms with Crippen LogP contribution in [0.4, 0.5) is 0 Å². The highest BCUT2D eigenvalue weighted by molar-refractivity contribution is 7.15. The lowest BCUT2D eigenvalue weighted by molar-refractivity contribution is 0.838. The lowest BCUT2D eigenvalue weighted by Gasteiger charge is -2.04. The van der Waals surface area contributed by atoms with Gasteiger partial charge in [0.15, 0.2) is 0 Å². The van der Waals surface area contributed by atoms with E-state index in [0.717, 1.165) is 32.6 Å². The van der Waals surface area contributed by atoms with Crippen molar-refractivity contribution in [3.63, 3.8) is 0 Å². The summed E-state index contributed by atoms with van der Waals surface area (Å²) in [6.07, 6.45) is 0. The molecule has 7 heteroatoms. The third-order valence-corrected chi connectivity index (χ3v) is 5.18. The minimum Gasteiger partial charge on any atom is -0.324 e. The average Bonchev–Trinajstić information content (AvgIpc) is 2.97. The summed E-state index contributed by atoms with van der Waals surface area (Å²) in [6.45, 7) is 1.96. The molecule has 1 aromatic carbocycles. The van der Waals surface area contributed by atoms with Gasteiger partial charge in [-0.1, -0.05) is 23.2 Å². The van der Waals surface area contributed by atoms with Crippen LogP contribution < -0.4 is 5.73 Å². The van der Waals surface area contributed by atoms with Crippen LogP contribution in [0.1, 0.15) is 17.8 Å². The van der Waals surface area contributed by atoms with Gasteiger partial charge >= 0.3 is 0 Å². The molecule has 2 N–H and O–H groups in total. The van der Waals surface area contributed by atoms with E-state index in [4.69, 9.17) is 28.9 Å². The first-order valence-corrected chi connectivity index (χ1v) is 7.84. The molecule has 0 amide bonds. The highest BCUT2D eigenvalue weighted by Gasteiger charge is 2.17. The fraction of sp³-hybridized carbons (Fsp3) is 0.167. The molecule has 0 radical (unpaired) electrons. The topological polar surface area (TPSA) is 51.8 Å². The summed E-state index contributed by atoms with van der Waals surface area (Å²) in [5.41, 5.74) is 8.22. The third kappa shape index (κ3) is 2.26. The van der Waals surface area contributed by atoms with Gasteiger partial charge in [0.1, 0.15) is 11.0 Å². The molecule has 98 valence electrons. The Balaban J connectivity index is 2.26. The van der Waals surface area contributed by atoms with Gasteiger partial charge in [-0.15, -0.1) is 11.3 Å². The zero-order valence-corrected chi connectivity index (χ0v) is 13.0. The summed E-state index contributed by atoms with van der Waals surface area (Å²) in [5, 5.41) is 1.12. The van der Waals surface area contributed by atoms with E-state index in [2.05, 4.69) is 8.75 Å². The van der Waals surface area contributed by atoms with Crippen molar-refractivity contribution in [1.82, 2.24) is 8.75 Å². The molecule has 3 nitrogen and oxygen atoms in total. The average molecular weight is 330 g/mol. The molecule has 0 saturated carbocycles. The van der Waals surface area contributed by atoms with Crippen molar-refractivity contribution in [2.75, 3.05) is 0 Å². The molecule has 3 aromatic rings. The Bertz CT molecular complexity index is 749. The summed E-state index contributed by atoms with van der Waals surface area (Å²) >= 11 is 15.2. The fourth-order valence-electron chi connectivity index (χ4n) is 1.84. The third-order valence-electron chi connectivity index (χ3n) is 2.77. The first-order valence-electron chi connectivity index (χ1n) is 5.54. The SMILES string of the molecule is CC(N)c1ccc(-c2c(Cl)cc(Cl)c3nsnc23)s1. The predicted molar refractivity (Wildman–Crippen MR) is 83.4 cm³/mol. The molecule has 3 rings (SSSR count). The van der Waals surface area contributed by atoms with Gasteiger partial charge < -0.3 is 5.73 Å². The molecular formula is C12H9Cl2N3S2. The quantitative estimate of drug-likeness (QED) is 0.738. The summed E-state index contributed by atoms with van der Waals surface area (Å²) in [6, 6.07) is 5.75. The number of benzene rings is 1. The van der Waals surface area contributed by atoms with Crippen LogP contribution in [-0.4, -0.2) is 8.75 Å². The molecule has 2 aromatic heterocycles. The van der Waals surface area contributed by atoms with Gasteiger partial charge in [-0.05, 0) is 25.1 Å². The second-order valence-corrected chi connectivity index (χ2v) is 6.63. The van der Waals surface area contributed by atoms with Gasteiger partial charge in [0, 0.05) is 21.4 Å². The van der Waals surface area contributed by atoms with E-state index in [1.807, 2.05) is 19.1 Å². The van der Waals surface area contributed by atoms with Crippen LogP contribution in [0.3, 0.4) is 0 Å². The van der Waals surface area contributed by atoms with Crippen molar-refractivity contribution in [3.05, 3.63) is 33.1 Å². The number of nitrogens with zero attached hydrogens (tertiary/aromatic N) is 2. The highest BCUT2D eigenvalue weighted by atomic mass is 35.5. The number of aromatic nitrogens is 2. The van der Waals surface area contributed by atoms with Crippen LogP contribution >= 0.6 is 46.3 Å². The van der Waals surface area contributed by atoms with Crippen LogP contribution in [0.2, 0.25) is 10.0 Å². The van der Waals surface area contributed by atoms with Crippen molar-refractivity contribution in [1.29, 1.82) is 0 Å².